The van der Waals surface area contributed by atoms with E-state index >= 15 is 0 Å². The van der Waals surface area contributed by atoms with Crippen LogP contribution in [0.3, 0.4) is 0 Å². The molecule has 1 aliphatic carbocycles. The molecular weight excluding hydrogens is 344 g/mol. The molecule has 2 atom stereocenters. The fourth-order valence-electron chi connectivity index (χ4n) is 3.72. The molecule has 0 spiro atoms. The Morgan fingerprint density at radius 2 is 2.19 bits per heavy atom. The molecule has 4 N–H and O–H groups in total. The number of anilines is 1. The fraction of sp³-hybridized carbons (Fsp3) is 0.368. The molecule has 27 heavy (non-hydrogen) atoms. The summed E-state index contributed by atoms with van der Waals surface area (Å²) < 4.78 is 0. The lowest BCUT2D eigenvalue weighted by Gasteiger charge is -2.21. The zero-order valence-electron chi connectivity index (χ0n) is 14.9. The Kier molecular flexibility index (Phi) is 4.62. The molecule has 1 aliphatic heterocycles. The average molecular weight is 366 g/mol. The van der Waals surface area contributed by atoms with Gasteiger partial charge >= 0.3 is 0 Å². The highest BCUT2D eigenvalue weighted by Crippen LogP contribution is 2.25. The molecule has 2 aliphatic rings. The second kappa shape index (κ2) is 7.22. The molecular formula is C19H22N6O2. The van der Waals surface area contributed by atoms with Gasteiger partial charge in [0.1, 0.15) is 0 Å². The standard InChI is InChI=1S/C19H22N6O2/c1-2-17(26)23-13-4-3-5-14(13)24-19-21-9-7-15(25-19)16-10-11-12(22-16)6-8-20-18(11)27/h2,7,9-10,13-14,22H,1,3-6,8H2,(H,20,27)(H,23,26)(H,21,24,25). The zero-order chi connectivity index (χ0) is 18.8. The largest absolute Gasteiger partial charge is 0.356 e. The summed E-state index contributed by atoms with van der Waals surface area (Å²) in [5.41, 5.74) is 3.13. The Morgan fingerprint density at radius 3 is 3.00 bits per heavy atom. The smallest absolute Gasteiger partial charge is 0.253 e. The van der Waals surface area contributed by atoms with Gasteiger partial charge in [-0.05, 0) is 37.5 Å². The minimum absolute atomic E-state index is 0.0317. The lowest BCUT2D eigenvalue weighted by atomic mass is 10.1. The van der Waals surface area contributed by atoms with E-state index in [1.807, 2.05) is 12.1 Å². The SMILES string of the molecule is C=CC(=O)NC1CCCC1Nc1nccc(-c2cc3c([nH]2)CCNC3=O)n1. The van der Waals surface area contributed by atoms with Gasteiger partial charge in [0, 0.05) is 36.9 Å². The minimum atomic E-state index is -0.168. The van der Waals surface area contributed by atoms with Gasteiger partial charge in [-0.1, -0.05) is 6.58 Å². The van der Waals surface area contributed by atoms with E-state index in [2.05, 4.69) is 37.5 Å². The summed E-state index contributed by atoms with van der Waals surface area (Å²) in [6, 6.07) is 3.75. The molecule has 1 saturated carbocycles. The van der Waals surface area contributed by atoms with Crippen LogP contribution < -0.4 is 16.0 Å². The summed E-state index contributed by atoms with van der Waals surface area (Å²) >= 11 is 0. The fourth-order valence-corrected chi connectivity index (χ4v) is 3.72. The number of nitrogens with zero attached hydrogens (tertiary/aromatic N) is 2. The molecule has 4 rings (SSSR count). The van der Waals surface area contributed by atoms with Crippen LogP contribution in [0.5, 0.6) is 0 Å². The van der Waals surface area contributed by atoms with Crippen LogP contribution in [0.1, 0.15) is 35.3 Å². The van der Waals surface area contributed by atoms with Gasteiger partial charge in [-0.2, -0.15) is 0 Å². The molecule has 0 aromatic carbocycles. The van der Waals surface area contributed by atoms with Crippen LogP contribution in [0.25, 0.3) is 11.4 Å². The summed E-state index contributed by atoms with van der Waals surface area (Å²) in [6.07, 6.45) is 6.64. The van der Waals surface area contributed by atoms with Gasteiger partial charge in [0.2, 0.25) is 11.9 Å². The molecule has 3 heterocycles. The first kappa shape index (κ1) is 17.3. The summed E-state index contributed by atoms with van der Waals surface area (Å²) in [4.78, 5) is 35.8. The number of aromatic amines is 1. The van der Waals surface area contributed by atoms with Crippen molar-refractivity contribution in [3.63, 3.8) is 0 Å². The lowest BCUT2D eigenvalue weighted by Crippen LogP contribution is -2.42. The monoisotopic (exact) mass is 366 g/mol. The van der Waals surface area contributed by atoms with Gasteiger partial charge in [-0.3, -0.25) is 9.59 Å². The predicted molar refractivity (Wildman–Crippen MR) is 101 cm³/mol. The topological polar surface area (TPSA) is 112 Å². The van der Waals surface area contributed by atoms with Crippen molar-refractivity contribution in [3.05, 3.63) is 42.2 Å². The molecule has 2 aromatic heterocycles. The van der Waals surface area contributed by atoms with E-state index in [0.29, 0.717) is 18.1 Å². The van der Waals surface area contributed by atoms with Crippen molar-refractivity contribution in [1.82, 2.24) is 25.6 Å². The summed E-state index contributed by atoms with van der Waals surface area (Å²) in [7, 11) is 0. The molecule has 2 amide bonds. The number of carbonyl (C=O) groups is 2. The lowest BCUT2D eigenvalue weighted by molar-refractivity contribution is -0.117. The molecule has 8 nitrogen and oxygen atoms in total. The van der Waals surface area contributed by atoms with Crippen LogP contribution in [0, 0.1) is 0 Å². The van der Waals surface area contributed by atoms with E-state index in [9.17, 15) is 9.59 Å². The van der Waals surface area contributed by atoms with Crippen LogP contribution in [-0.4, -0.2) is 45.4 Å². The molecule has 140 valence electrons. The van der Waals surface area contributed by atoms with Gasteiger partial charge < -0.3 is 20.9 Å². The van der Waals surface area contributed by atoms with Crippen molar-refractivity contribution < 1.29 is 9.59 Å². The molecule has 0 radical (unpaired) electrons. The molecule has 2 unspecified atom stereocenters. The third kappa shape index (κ3) is 3.55. The first-order valence-corrected chi connectivity index (χ1v) is 9.17. The number of carbonyl (C=O) groups excluding carboxylic acids is 2. The van der Waals surface area contributed by atoms with Crippen LogP contribution in [0.2, 0.25) is 0 Å². The van der Waals surface area contributed by atoms with E-state index in [4.69, 9.17) is 0 Å². The third-order valence-electron chi connectivity index (χ3n) is 5.08. The Labute approximate surface area is 156 Å². The molecule has 8 heteroatoms. The Hall–Kier alpha value is -3.16. The maximum atomic E-state index is 12.0. The first-order chi connectivity index (χ1) is 13.1. The van der Waals surface area contributed by atoms with E-state index in [0.717, 1.165) is 42.8 Å². The zero-order valence-corrected chi connectivity index (χ0v) is 14.9. The van der Waals surface area contributed by atoms with Gasteiger partial charge in [0.15, 0.2) is 0 Å². The number of hydrogen-bond acceptors (Lipinski definition) is 5. The highest BCUT2D eigenvalue weighted by Gasteiger charge is 2.28. The second-order valence-electron chi connectivity index (χ2n) is 6.85. The van der Waals surface area contributed by atoms with Crippen molar-refractivity contribution in [2.24, 2.45) is 0 Å². The number of fused-ring (bicyclic) bond motifs is 1. The van der Waals surface area contributed by atoms with Crippen molar-refractivity contribution in [3.8, 4) is 11.4 Å². The number of nitrogens with one attached hydrogen (secondary N) is 4. The van der Waals surface area contributed by atoms with E-state index < -0.39 is 0 Å². The number of aromatic nitrogens is 3. The van der Waals surface area contributed by atoms with Crippen molar-refractivity contribution in [2.45, 2.75) is 37.8 Å². The number of H-pyrrole nitrogens is 1. The Balaban J connectivity index is 1.52. The van der Waals surface area contributed by atoms with Gasteiger partial charge in [-0.15, -0.1) is 0 Å². The highest BCUT2D eigenvalue weighted by molar-refractivity contribution is 5.97. The quantitative estimate of drug-likeness (QED) is 0.598. The van der Waals surface area contributed by atoms with Crippen molar-refractivity contribution >= 4 is 17.8 Å². The maximum absolute atomic E-state index is 12.0. The molecule has 1 fully saturated rings. The van der Waals surface area contributed by atoms with Crippen LogP contribution in [-0.2, 0) is 11.2 Å². The van der Waals surface area contributed by atoms with E-state index in [1.165, 1.54) is 6.08 Å². The van der Waals surface area contributed by atoms with Crippen LogP contribution in [0.15, 0.2) is 31.0 Å². The predicted octanol–water partition coefficient (Wildman–Crippen LogP) is 1.39. The van der Waals surface area contributed by atoms with E-state index in [1.54, 1.807) is 6.20 Å². The molecule has 2 aromatic rings. The van der Waals surface area contributed by atoms with Crippen molar-refractivity contribution in [1.29, 1.82) is 0 Å². The minimum Gasteiger partial charge on any atom is -0.356 e. The van der Waals surface area contributed by atoms with Gasteiger partial charge in [-0.25, -0.2) is 9.97 Å². The van der Waals surface area contributed by atoms with E-state index in [-0.39, 0.29) is 23.9 Å². The Bertz CT molecular complexity index is 890. The Morgan fingerprint density at radius 1 is 1.33 bits per heavy atom. The average Bonchev–Trinajstić information content (AvgIpc) is 3.30. The summed E-state index contributed by atoms with van der Waals surface area (Å²) in [6.45, 7) is 4.14. The first-order valence-electron chi connectivity index (χ1n) is 9.17. The number of hydrogen-bond donors (Lipinski definition) is 4. The number of amides is 2. The molecule has 0 saturated heterocycles. The van der Waals surface area contributed by atoms with Crippen molar-refractivity contribution in [2.75, 3.05) is 11.9 Å². The maximum Gasteiger partial charge on any atom is 0.253 e. The second-order valence-corrected chi connectivity index (χ2v) is 6.85. The highest BCUT2D eigenvalue weighted by atomic mass is 16.2. The van der Waals surface area contributed by atoms with Gasteiger partial charge in [0.25, 0.3) is 5.91 Å². The summed E-state index contributed by atoms with van der Waals surface area (Å²) in [5, 5.41) is 9.14. The van der Waals surface area contributed by atoms with Crippen LogP contribution >= 0.6 is 0 Å². The van der Waals surface area contributed by atoms with Crippen LogP contribution in [0.4, 0.5) is 5.95 Å². The molecule has 0 bridgehead atoms. The third-order valence-corrected chi connectivity index (χ3v) is 5.08. The summed E-state index contributed by atoms with van der Waals surface area (Å²) in [5.74, 6) is 0.283. The normalized spacial score (nSPS) is 21.3. The van der Waals surface area contributed by atoms with Gasteiger partial charge in [0.05, 0.1) is 17.0 Å². The number of rotatable bonds is 5.